The minimum atomic E-state index is 0.804. The molecule has 0 amide bonds. The average Bonchev–Trinajstić information content (AvgIpc) is 3.23. The summed E-state index contributed by atoms with van der Waals surface area (Å²) in [5.74, 6) is 0. The number of piperidine rings is 1. The van der Waals surface area contributed by atoms with Gasteiger partial charge in [-0.15, -0.1) is 0 Å². The summed E-state index contributed by atoms with van der Waals surface area (Å²) in [6, 6.07) is 9.98. The van der Waals surface area contributed by atoms with E-state index in [-0.39, 0.29) is 0 Å². The Morgan fingerprint density at radius 1 is 0.944 bits per heavy atom. The highest BCUT2D eigenvalue weighted by Gasteiger charge is 2.19. The molecule has 0 bridgehead atoms. The van der Waals surface area contributed by atoms with Crippen molar-refractivity contribution in [2.75, 3.05) is 13.1 Å². The molecule has 0 unspecified atom stereocenters. The predicted molar refractivity (Wildman–Crippen MR) is 75.4 cm³/mol. The van der Waals surface area contributed by atoms with Crippen molar-refractivity contribution in [3.8, 4) is 0 Å². The highest BCUT2D eigenvalue weighted by atomic mass is 15.1. The third kappa shape index (κ3) is 3.56. The lowest BCUT2D eigenvalue weighted by Gasteiger charge is -2.26. The standard InChI is InChI=1S/C16H24N2/c1-2-10-18(11-3-1)13-15-6-4-14(5-7-15)12-17-16-8-9-16/h4-7,16-17H,1-3,8-13H2. The second-order valence-corrected chi connectivity index (χ2v) is 5.81. The van der Waals surface area contributed by atoms with Gasteiger partial charge in [-0.1, -0.05) is 30.7 Å². The third-order valence-corrected chi connectivity index (χ3v) is 4.05. The lowest BCUT2D eigenvalue weighted by Crippen LogP contribution is -2.29. The molecule has 2 nitrogen and oxygen atoms in total. The second kappa shape index (κ2) is 5.85. The SMILES string of the molecule is c1cc(CN2CCCCC2)ccc1CNC1CC1. The summed E-state index contributed by atoms with van der Waals surface area (Å²) in [6.45, 7) is 4.74. The Morgan fingerprint density at radius 2 is 1.61 bits per heavy atom. The van der Waals surface area contributed by atoms with E-state index in [9.17, 15) is 0 Å². The van der Waals surface area contributed by atoms with Crippen molar-refractivity contribution < 1.29 is 0 Å². The lowest BCUT2D eigenvalue weighted by molar-refractivity contribution is 0.221. The van der Waals surface area contributed by atoms with Crippen molar-refractivity contribution >= 4 is 0 Å². The summed E-state index contributed by atoms with van der Waals surface area (Å²) in [5, 5.41) is 3.56. The van der Waals surface area contributed by atoms with Crippen molar-refractivity contribution in [3.05, 3.63) is 35.4 Å². The Labute approximate surface area is 110 Å². The van der Waals surface area contributed by atoms with E-state index in [4.69, 9.17) is 0 Å². The highest BCUT2D eigenvalue weighted by molar-refractivity contribution is 5.22. The summed E-state index contributed by atoms with van der Waals surface area (Å²) in [5.41, 5.74) is 2.89. The number of nitrogens with one attached hydrogen (secondary N) is 1. The van der Waals surface area contributed by atoms with Crippen molar-refractivity contribution in [1.82, 2.24) is 10.2 Å². The summed E-state index contributed by atoms with van der Waals surface area (Å²) in [4.78, 5) is 2.58. The van der Waals surface area contributed by atoms with Crippen LogP contribution < -0.4 is 5.32 Å². The van der Waals surface area contributed by atoms with Gasteiger partial charge in [-0.2, -0.15) is 0 Å². The number of hydrogen-bond donors (Lipinski definition) is 1. The van der Waals surface area contributed by atoms with E-state index in [1.165, 1.54) is 56.3 Å². The zero-order valence-electron chi connectivity index (χ0n) is 11.2. The average molecular weight is 244 g/mol. The molecule has 0 atom stereocenters. The van der Waals surface area contributed by atoms with Gasteiger partial charge in [0.15, 0.2) is 0 Å². The van der Waals surface area contributed by atoms with E-state index in [0.29, 0.717) is 0 Å². The molecular formula is C16H24N2. The summed E-state index contributed by atoms with van der Waals surface area (Å²) >= 11 is 0. The van der Waals surface area contributed by atoms with Gasteiger partial charge in [-0.05, 0) is 49.9 Å². The van der Waals surface area contributed by atoms with E-state index >= 15 is 0 Å². The Morgan fingerprint density at radius 3 is 2.28 bits per heavy atom. The molecule has 1 heterocycles. The molecule has 1 saturated carbocycles. The molecule has 2 aliphatic rings. The normalized spacial score (nSPS) is 21.1. The summed E-state index contributed by atoms with van der Waals surface area (Å²) in [7, 11) is 0. The molecule has 3 rings (SSSR count). The van der Waals surface area contributed by atoms with Gasteiger partial charge in [0.2, 0.25) is 0 Å². The van der Waals surface area contributed by atoms with Gasteiger partial charge < -0.3 is 5.32 Å². The van der Waals surface area contributed by atoms with Crippen molar-refractivity contribution in [1.29, 1.82) is 0 Å². The Bertz CT molecular complexity index is 361. The number of likely N-dealkylation sites (tertiary alicyclic amines) is 1. The predicted octanol–water partition coefficient (Wildman–Crippen LogP) is 2.92. The molecule has 1 aliphatic heterocycles. The maximum Gasteiger partial charge on any atom is 0.0233 e. The van der Waals surface area contributed by atoms with Crippen LogP contribution in [-0.4, -0.2) is 24.0 Å². The van der Waals surface area contributed by atoms with Gasteiger partial charge in [-0.3, -0.25) is 4.90 Å². The van der Waals surface area contributed by atoms with Gasteiger partial charge in [0.25, 0.3) is 0 Å². The number of benzene rings is 1. The van der Waals surface area contributed by atoms with Crippen molar-refractivity contribution in [3.63, 3.8) is 0 Å². The van der Waals surface area contributed by atoms with Crippen LogP contribution in [0.3, 0.4) is 0 Å². The van der Waals surface area contributed by atoms with Crippen LogP contribution in [0.2, 0.25) is 0 Å². The lowest BCUT2D eigenvalue weighted by atomic mass is 10.1. The Kier molecular flexibility index (Phi) is 3.96. The smallest absolute Gasteiger partial charge is 0.0233 e. The molecule has 0 spiro atoms. The van der Waals surface area contributed by atoms with Crippen LogP contribution in [0.5, 0.6) is 0 Å². The third-order valence-electron chi connectivity index (χ3n) is 4.05. The van der Waals surface area contributed by atoms with Crippen LogP contribution in [0, 0.1) is 0 Å². The molecule has 2 heteroatoms. The number of rotatable bonds is 5. The monoisotopic (exact) mass is 244 g/mol. The molecule has 0 radical (unpaired) electrons. The van der Waals surface area contributed by atoms with E-state index in [0.717, 1.165) is 19.1 Å². The minimum Gasteiger partial charge on any atom is -0.310 e. The first-order chi connectivity index (χ1) is 8.90. The summed E-state index contributed by atoms with van der Waals surface area (Å²) in [6.07, 6.45) is 6.91. The first kappa shape index (κ1) is 12.2. The molecular weight excluding hydrogens is 220 g/mol. The largest absolute Gasteiger partial charge is 0.310 e. The fourth-order valence-corrected chi connectivity index (χ4v) is 2.69. The molecule has 1 saturated heterocycles. The first-order valence-electron chi connectivity index (χ1n) is 7.44. The first-order valence-corrected chi connectivity index (χ1v) is 7.44. The van der Waals surface area contributed by atoms with Gasteiger partial charge in [0.1, 0.15) is 0 Å². The molecule has 1 aromatic rings. The van der Waals surface area contributed by atoms with E-state index in [2.05, 4.69) is 34.5 Å². The van der Waals surface area contributed by atoms with Gasteiger partial charge in [0.05, 0.1) is 0 Å². The number of hydrogen-bond acceptors (Lipinski definition) is 2. The molecule has 1 aromatic carbocycles. The van der Waals surface area contributed by atoms with Crippen LogP contribution >= 0.6 is 0 Å². The number of nitrogens with zero attached hydrogens (tertiary/aromatic N) is 1. The van der Waals surface area contributed by atoms with E-state index in [1.807, 2.05) is 0 Å². The fraction of sp³-hybridized carbons (Fsp3) is 0.625. The fourth-order valence-electron chi connectivity index (χ4n) is 2.69. The maximum atomic E-state index is 3.56. The van der Waals surface area contributed by atoms with Crippen LogP contribution in [0.1, 0.15) is 43.2 Å². The topological polar surface area (TPSA) is 15.3 Å². The molecule has 1 aliphatic carbocycles. The Hall–Kier alpha value is -0.860. The van der Waals surface area contributed by atoms with Crippen molar-refractivity contribution in [2.24, 2.45) is 0 Å². The van der Waals surface area contributed by atoms with Gasteiger partial charge >= 0.3 is 0 Å². The van der Waals surface area contributed by atoms with Crippen LogP contribution in [0.4, 0.5) is 0 Å². The van der Waals surface area contributed by atoms with Crippen LogP contribution in [0.15, 0.2) is 24.3 Å². The van der Waals surface area contributed by atoms with E-state index < -0.39 is 0 Å². The molecule has 2 fully saturated rings. The Balaban J connectivity index is 1.49. The van der Waals surface area contributed by atoms with Crippen molar-refractivity contribution in [2.45, 2.75) is 51.2 Å². The maximum absolute atomic E-state index is 3.56. The zero-order valence-corrected chi connectivity index (χ0v) is 11.2. The minimum absolute atomic E-state index is 0.804. The molecule has 1 N–H and O–H groups in total. The van der Waals surface area contributed by atoms with Crippen LogP contribution in [-0.2, 0) is 13.1 Å². The van der Waals surface area contributed by atoms with Gasteiger partial charge in [-0.25, -0.2) is 0 Å². The second-order valence-electron chi connectivity index (χ2n) is 5.81. The zero-order chi connectivity index (χ0) is 12.2. The summed E-state index contributed by atoms with van der Waals surface area (Å²) < 4.78 is 0. The quantitative estimate of drug-likeness (QED) is 0.856. The molecule has 18 heavy (non-hydrogen) atoms. The molecule has 0 aromatic heterocycles. The van der Waals surface area contributed by atoms with Gasteiger partial charge in [0, 0.05) is 19.1 Å². The van der Waals surface area contributed by atoms with E-state index in [1.54, 1.807) is 0 Å². The molecule has 98 valence electrons. The highest BCUT2D eigenvalue weighted by Crippen LogP contribution is 2.19. The van der Waals surface area contributed by atoms with Crippen LogP contribution in [0.25, 0.3) is 0 Å².